The minimum Gasteiger partial charge on any atom is -0.404 e. The van der Waals surface area contributed by atoms with Crippen LogP contribution in [0, 0.1) is 0 Å². The van der Waals surface area contributed by atoms with Crippen molar-refractivity contribution < 1.29 is 32.9 Å². The highest BCUT2D eigenvalue weighted by Crippen LogP contribution is 2.46. The molecular formula is C28H28ClF3N4O5S. The van der Waals surface area contributed by atoms with E-state index in [1.807, 2.05) is 30.3 Å². The molecule has 3 atom stereocenters. The van der Waals surface area contributed by atoms with Gasteiger partial charge in [0.05, 0.1) is 19.3 Å². The monoisotopic (exact) mass is 624 g/mol. The van der Waals surface area contributed by atoms with Crippen molar-refractivity contribution in [2.24, 2.45) is 0 Å². The summed E-state index contributed by atoms with van der Waals surface area (Å²) >= 11 is 8.16. The van der Waals surface area contributed by atoms with Crippen LogP contribution in [-0.4, -0.2) is 69.9 Å². The maximum atomic E-state index is 14.2. The summed E-state index contributed by atoms with van der Waals surface area (Å²) in [5.74, 6) is -0.106. The van der Waals surface area contributed by atoms with Gasteiger partial charge in [0.1, 0.15) is 11.7 Å². The van der Waals surface area contributed by atoms with E-state index in [1.165, 1.54) is 17.9 Å². The number of ether oxygens (including phenoxy) is 1. The van der Waals surface area contributed by atoms with Crippen LogP contribution in [0.5, 0.6) is 5.75 Å². The third-order valence-electron chi connectivity index (χ3n) is 7.45. The Bertz CT molecular complexity index is 1550. The van der Waals surface area contributed by atoms with E-state index in [-0.39, 0.29) is 18.8 Å². The summed E-state index contributed by atoms with van der Waals surface area (Å²) in [5, 5.41) is 22.7. The molecule has 0 radical (unpaired) electrons. The van der Waals surface area contributed by atoms with Gasteiger partial charge in [0.15, 0.2) is 6.23 Å². The third kappa shape index (κ3) is 5.47. The molecule has 1 aromatic heterocycles. The van der Waals surface area contributed by atoms with Crippen molar-refractivity contribution in [3.8, 4) is 5.75 Å². The molecule has 2 aliphatic rings. The maximum Gasteiger partial charge on any atom is 0.415 e. The molecule has 0 bridgehead atoms. The minimum absolute atomic E-state index is 0.116. The normalized spacial score (nSPS) is 19.3. The highest BCUT2D eigenvalue weighted by atomic mass is 35.5. The summed E-state index contributed by atoms with van der Waals surface area (Å²) in [7, 11) is 1.33. The van der Waals surface area contributed by atoms with E-state index in [2.05, 4.69) is 0 Å². The molecule has 3 aromatic rings. The Hall–Kier alpha value is -3.23. The molecule has 0 spiro atoms. The Morgan fingerprint density at radius 2 is 1.90 bits per heavy atom. The lowest BCUT2D eigenvalue weighted by Gasteiger charge is -2.48. The fraction of sp³-hybridized carbons (Fsp3) is 0.357. The number of rotatable bonds is 5. The number of fused-ring (bicyclic) bond motifs is 3. The number of alkyl halides is 3. The summed E-state index contributed by atoms with van der Waals surface area (Å²) in [4.78, 5) is 28.5. The minimum atomic E-state index is -4.74. The number of halogens is 4. The average molecular weight is 625 g/mol. The molecule has 0 saturated heterocycles. The first-order valence-corrected chi connectivity index (χ1v) is 14.4. The van der Waals surface area contributed by atoms with Gasteiger partial charge in [-0.25, -0.2) is 9.69 Å². The molecule has 2 N–H and O–H groups in total. The van der Waals surface area contributed by atoms with Crippen molar-refractivity contribution in [3.05, 3.63) is 92.4 Å². The maximum absolute atomic E-state index is 14.2. The molecule has 14 heteroatoms. The van der Waals surface area contributed by atoms with Gasteiger partial charge >= 0.3 is 12.3 Å². The summed E-state index contributed by atoms with van der Waals surface area (Å²) in [6.07, 6.45) is -6.38. The van der Waals surface area contributed by atoms with Gasteiger partial charge in [0.25, 0.3) is 0 Å². The van der Waals surface area contributed by atoms with Gasteiger partial charge in [-0.2, -0.15) is 13.2 Å². The highest BCUT2D eigenvalue weighted by Gasteiger charge is 2.48. The molecule has 0 aliphatic carbocycles. The summed E-state index contributed by atoms with van der Waals surface area (Å²) in [6, 6.07) is 11.1. The highest BCUT2D eigenvalue weighted by molar-refractivity contribution is 7.98. The molecule has 1 unspecified atom stereocenters. The largest absolute Gasteiger partial charge is 0.415 e. The zero-order valence-corrected chi connectivity index (χ0v) is 24.2. The van der Waals surface area contributed by atoms with Gasteiger partial charge in [0, 0.05) is 41.5 Å². The topological polar surface area (TPSA) is 98.5 Å². The quantitative estimate of drug-likeness (QED) is 0.429. The first-order valence-electron chi connectivity index (χ1n) is 13.0. The van der Waals surface area contributed by atoms with E-state index in [0.717, 1.165) is 44.4 Å². The Morgan fingerprint density at radius 1 is 1.19 bits per heavy atom. The Morgan fingerprint density at radius 3 is 2.62 bits per heavy atom. The van der Waals surface area contributed by atoms with Crippen LogP contribution in [0.2, 0.25) is 5.02 Å². The number of carbonyl (C=O) groups is 1. The number of thioether (sulfide) groups is 1. The lowest BCUT2D eigenvalue weighted by atomic mass is 9.94. The standard InChI is InChI=1S/C28H28ClF3N4O5S/c1-16(28(30,31)32)34-15-36(23-17-7-5-8-20(29)19(17)14-42-22-9-4-3-6-18(22)23)35-11-10-21(38)25(24(35)26(34)39)41-27(40)33(2)12-13-37/h3-11,16,23,26,37,39H,12-15H2,1-2H3/t16-,23+,26?/m1/s1. The van der Waals surface area contributed by atoms with Crippen molar-refractivity contribution in [2.75, 3.05) is 31.9 Å². The van der Waals surface area contributed by atoms with Crippen molar-refractivity contribution in [3.63, 3.8) is 0 Å². The second-order valence-electron chi connectivity index (χ2n) is 9.98. The van der Waals surface area contributed by atoms with Gasteiger partial charge in [0.2, 0.25) is 11.2 Å². The van der Waals surface area contributed by atoms with Crippen LogP contribution in [0.3, 0.4) is 0 Å². The van der Waals surface area contributed by atoms with E-state index in [1.54, 1.807) is 28.9 Å². The fourth-order valence-corrected chi connectivity index (χ4v) is 6.62. The zero-order valence-electron chi connectivity index (χ0n) is 22.6. The molecular weight excluding hydrogens is 597 g/mol. The number of hydrogen-bond donors (Lipinski definition) is 2. The smallest absolute Gasteiger partial charge is 0.404 e. The van der Waals surface area contributed by atoms with Gasteiger partial charge in [-0.05, 0) is 35.7 Å². The van der Waals surface area contributed by atoms with E-state index in [0.29, 0.717) is 10.8 Å². The van der Waals surface area contributed by atoms with Crippen molar-refractivity contribution in [1.82, 2.24) is 14.5 Å². The number of aliphatic hydroxyl groups is 2. The summed E-state index contributed by atoms with van der Waals surface area (Å²) in [6.45, 7) is 0.00660. The van der Waals surface area contributed by atoms with Crippen LogP contribution in [0.4, 0.5) is 18.0 Å². The van der Waals surface area contributed by atoms with Gasteiger partial charge in [-0.15, -0.1) is 11.8 Å². The second kappa shape index (κ2) is 11.8. The zero-order chi connectivity index (χ0) is 30.3. The van der Waals surface area contributed by atoms with Gasteiger partial charge < -0.3 is 19.8 Å². The van der Waals surface area contributed by atoms with Crippen LogP contribution in [0.25, 0.3) is 0 Å². The third-order valence-corrected chi connectivity index (χ3v) is 8.92. The molecule has 1 amide bonds. The molecule has 42 heavy (non-hydrogen) atoms. The van der Waals surface area contributed by atoms with E-state index in [9.17, 15) is 33.0 Å². The average Bonchev–Trinajstić information content (AvgIpc) is 3.11. The molecule has 0 saturated carbocycles. The number of pyridine rings is 1. The second-order valence-corrected chi connectivity index (χ2v) is 11.4. The van der Waals surface area contributed by atoms with Crippen LogP contribution in [0.1, 0.15) is 41.6 Å². The molecule has 3 heterocycles. The Labute approximate surface area is 248 Å². The Kier molecular flexibility index (Phi) is 8.50. The number of hydrogen-bond acceptors (Lipinski definition) is 8. The predicted molar refractivity (Wildman–Crippen MR) is 151 cm³/mol. The van der Waals surface area contributed by atoms with Crippen LogP contribution in [0.15, 0.2) is 64.4 Å². The molecule has 2 aliphatic heterocycles. The van der Waals surface area contributed by atoms with Crippen molar-refractivity contribution in [2.45, 2.75) is 42.1 Å². The fourth-order valence-electron chi connectivity index (χ4n) is 5.15. The first-order chi connectivity index (χ1) is 19.9. The number of amides is 1. The molecule has 0 fully saturated rings. The number of aliphatic hydroxyl groups excluding tert-OH is 2. The van der Waals surface area contributed by atoms with E-state index in [4.69, 9.17) is 16.3 Å². The molecule has 2 aromatic carbocycles. The van der Waals surface area contributed by atoms with E-state index < -0.39 is 48.4 Å². The Balaban J connectivity index is 1.76. The van der Waals surface area contributed by atoms with Crippen LogP contribution >= 0.6 is 23.4 Å². The molecule has 5 rings (SSSR count). The predicted octanol–water partition coefficient (Wildman–Crippen LogP) is 4.47. The number of nitrogens with zero attached hydrogens (tertiary/aromatic N) is 4. The van der Waals surface area contributed by atoms with E-state index >= 15 is 0 Å². The van der Waals surface area contributed by atoms with Crippen LogP contribution < -0.4 is 15.2 Å². The van der Waals surface area contributed by atoms with Crippen LogP contribution in [-0.2, 0) is 5.75 Å². The van der Waals surface area contributed by atoms with Gasteiger partial charge in [-0.1, -0.05) is 41.9 Å². The lowest BCUT2D eigenvalue weighted by Crippen LogP contribution is -2.59. The number of carbonyl (C=O) groups excluding carboxylic acids is 1. The number of benzene rings is 2. The number of aromatic nitrogens is 1. The number of likely N-dealkylation sites (N-methyl/N-ethyl adjacent to an activating group) is 1. The SMILES string of the molecule is C[C@@H](N1CN([C@@H]2c3ccccc3SCc3c(Cl)cccc32)n2ccc(=O)c(OC(=O)N(C)CCO)c2C1O)C(F)(F)F. The lowest BCUT2D eigenvalue weighted by molar-refractivity contribution is -0.207. The van der Waals surface area contributed by atoms with Crippen molar-refractivity contribution >= 4 is 29.5 Å². The first kappa shape index (κ1) is 30.2. The van der Waals surface area contributed by atoms with Crippen molar-refractivity contribution in [1.29, 1.82) is 0 Å². The molecule has 9 nitrogen and oxygen atoms in total. The van der Waals surface area contributed by atoms with Gasteiger partial charge in [-0.3, -0.25) is 14.5 Å². The summed E-state index contributed by atoms with van der Waals surface area (Å²) < 4.78 is 49.2. The summed E-state index contributed by atoms with van der Waals surface area (Å²) in [5.41, 5.74) is 1.17. The molecule has 224 valence electrons.